The fourth-order valence-corrected chi connectivity index (χ4v) is 10.3. The van der Waals surface area contributed by atoms with E-state index in [1.165, 1.54) is 0 Å². The summed E-state index contributed by atoms with van der Waals surface area (Å²) in [5.41, 5.74) is -7.82. The monoisotopic (exact) mass is 1040 g/mol. The third kappa shape index (κ3) is 9.52. The number of nitrogens with zero attached hydrogens (tertiary/aromatic N) is 4. The minimum atomic E-state index is -4.54. The van der Waals surface area contributed by atoms with Gasteiger partial charge in [-0.3, -0.25) is 4.57 Å². The van der Waals surface area contributed by atoms with E-state index in [0.717, 1.165) is 16.7 Å². The maximum absolute atomic E-state index is 10.6. The highest BCUT2D eigenvalue weighted by molar-refractivity contribution is 6.09. The Morgan fingerprint density at radius 2 is 1.14 bits per heavy atom. The van der Waals surface area contributed by atoms with Crippen LogP contribution in [0.25, 0.3) is 49.9 Å². The number of pyridine rings is 1. The van der Waals surface area contributed by atoms with Gasteiger partial charge in [0.15, 0.2) is 0 Å². The Kier molecular flexibility index (Phi) is 7.43. The normalized spacial score (nSPS) is 21.8. The lowest BCUT2D eigenvalue weighted by atomic mass is 9.63. The molecule has 5 heteroatoms. The molecule has 3 heterocycles. The van der Waals surface area contributed by atoms with Gasteiger partial charge in [0.25, 0.3) is 0 Å². The van der Waals surface area contributed by atoms with Gasteiger partial charge in [-0.2, -0.15) is 0 Å². The zero-order valence-corrected chi connectivity index (χ0v) is 45.9. The molecular formula is C72H80N4O. The van der Waals surface area contributed by atoms with Crippen LogP contribution in [0.4, 0.5) is 22.7 Å². The van der Waals surface area contributed by atoms with Crippen LogP contribution in [0.1, 0.15) is 188 Å². The first-order valence-electron chi connectivity index (χ1n) is 37.6. The van der Waals surface area contributed by atoms with Crippen LogP contribution in [0.5, 0.6) is 11.5 Å². The second-order valence-corrected chi connectivity index (χ2v) is 24.7. The first kappa shape index (κ1) is 31.3. The van der Waals surface area contributed by atoms with Crippen molar-refractivity contribution in [2.75, 3.05) is 16.5 Å². The smallest absolute Gasteiger partial charge is 0.137 e. The topological polar surface area (TPSA) is 33.5 Å². The predicted octanol–water partition coefficient (Wildman–Crippen LogP) is 20.1. The molecule has 0 radical (unpaired) electrons. The fourth-order valence-electron chi connectivity index (χ4n) is 10.3. The summed E-state index contributed by atoms with van der Waals surface area (Å²) < 4.78 is 222. The predicted molar refractivity (Wildman–Crippen MR) is 328 cm³/mol. The van der Waals surface area contributed by atoms with E-state index < -0.39 is 114 Å². The van der Waals surface area contributed by atoms with Crippen molar-refractivity contribution in [1.29, 1.82) is 0 Å². The van der Waals surface area contributed by atoms with Crippen LogP contribution in [0.15, 0.2) is 158 Å². The Morgan fingerprint density at radius 3 is 1.81 bits per heavy atom. The SMILES string of the molecule is [2H]c1c([2H])c2c(c([2H])c1-c1cc(C(C)(C)C)cc(-c3cc(C(C)(C)C)cc(C(C)(C)C)c3)c1N1CN(c3cccc(Oc4ccc5c6c([2H])c([2H])c([2H])c([2H])c6n(-c6cc(C(C)(C)C)ccn6)c5c4)c3)c3ccccc31)C(C([2H])([2H])[2H])(C([2H])([2H])[2H])C([2H])([2H])C([2H])([2H])C2(C([2H])([2H])[2H])C([2H])([2H])[2H]. The quantitative estimate of drug-likeness (QED) is 0.159. The molecule has 2 aliphatic rings. The summed E-state index contributed by atoms with van der Waals surface area (Å²) in [7, 11) is 0. The molecule has 1 aliphatic carbocycles. The van der Waals surface area contributed by atoms with Gasteiger partial charge in [0.1, 0.15) is 24.0 Å². The van der Waals surface area contributed by atoms with Crippen LogP contribution in [-0.4, -0.2) is 16.2 Å². The van der Waals surface area contributed by atoms with Gasteiger partial charge in [-0.15, -0.1) is 0 Å². The number of hydrogen-bond donors (Lipinski definition) is 0. The van der Waals surface area contributed by atoms with Crippen LogP contribution < -0.4 is 14.5 Å². The highest BCUT2D eigenvalue weighted by Crippen LogP contribution is 2.54. The Labute approximate surface area is 492 Å². The summed E-state index contributed by atoms with van der Waals surface area (Å²) in [5, 5.41) is 0.820. The summed E-state index contributed by atoms with van der Waals surface area (Å²) in [4.78, 5) is 8.56. The van der Waals surface area contributed by atoms with Gasteiger partial charge in [0, 0.05) is 67.8 Å². The molecule has 7 aromatic carbocycles. The van der Waals surface area contributed by atoms with Gasteiger partial charge in [0.05, 0.1) is 37.7 Å². The van der Waals surface area contributed by atoms with E-state index in [4.69, 9.17) is 30.3 Å². The Hall–Kier alpha value is -7.11. The van der Waals surface area contributed by atoms with Gasteiger partial charge in [-0.1, -0.05) is 183 Å². The van der Waals surface area contributed by atoms with E-state index in [9.17, 15) is 11.0 Å². The molecule has 0 fully saturated rings. The van der Waals surface area contributed by atoms with Crippen molar-refractivity contribution < 1.29 is 36.3 Å². The molecule has 77 heavy (non-hydrogen) atoms. The first-order chi connectivity index (χ1) is 45.6. The molecule has 5 nitrogen and oxygen atoms in total. The summed E-state index contributed by atoms with van der Waals surface area (Å²) in [6.45, 7) is 7.04. The third-order valence-electron chi connectivity index (χ3n) is 14.8. The molecule has 0 spiro atoms. The largest absolute Gasteiger partial charge is 0.457 e. The Morgan fingerprint density at radius 1 is 0.532 bits per heavy atom. The molecule has 0 N–H and O–H groups in total. The van der Waals surface area contributed by atoms with E-state index in [-0.39, 0.29) is 40.9 Å². The van der Waals surface area contributed by atoms with Gasteiger partial charge in [-0.25, -0.2) is 4.98 Å². The lowest BCUT2D eigenvalue weighted by Gasteiger charge is -2.42. The summed E-state index contributed by atoms with van der Waals surface area (Å²) in [6, 6.07) is 28.0. The first-order valence-corrected chi connectivity index (χ1v) is 26.1. The lowest BCUT2D eigenvalue weighted by Crippen LogP contribution is -2.33. The lowest BCUT2D eigenvalue weighted by molar-refractivity contribution is 0.332. The van der Waals surface area contributed by atoms with Gasteiger partial charge in [-0.05, 0) is 156 Å². The molecule has 0 saturated heterocycles. The average molecular weight is 1040 g/mol. The number of benzene rings is 7. The second-order valence-electron chi connectivity index (χ2n) is 24.7. The second kappa shape index (κ2) is 18.3. The van der Waals surface area contributed by atoms with Crippen molar-refractivity contribution in [2.24, 2.45) is 0 Å². The Balaban J connectivity index is 1.20. The minimum absolute atomic E-state index is 0.103. The number of ether oxygens (including phenoxy) is 1. The van der Waals surface area contributed by atoms with Gasteiger partial charge < -0.3 is 14.5 Å². The van der Waals surface area contributed by atoms with Crippen LogP contribution >= 0.6 is 0 Å². The molecule has 0 saturated carbocycles. The zero-order valence-electron chi connectivity index (χ0n) is 68.9. The Bertz CT molecular complexity index is 4780. The van der Waals surface area contributed by atoms with E-state index >= 15 is 0 Å². The van der Waals surface area contributed by atoms with Crippen molar-refractivity contribution in [2.45, 2.75) is 156 Å². The van der Waals surface area contributed by atoms with E-state index in [2.05, 4.69) is 68.4 Å². The summed E-state index contributed by atoms with van der Waals surface area (Å²) >= 11 is 0. The van der Waals surface area contributed by atoms with Crippen LogP contribution in [0.2, 0.25) is 0 Å². The molecule has 1 aliphatic heterocycles. The molecule has 394 valence electrons. The molecular weight excluding hydrogens is 937 g/mol. The zero-order chi connectivity index (χ0) is 74.5. The number of hydrogen-bond acceptors (Lipinski definition) is 4. The van der Waals surface area contributed by atoms with E-state index in [1.807, 2.05) is 85.2 Å². The minimum Gasteiger partial charge on any atom is -0.457 e. The van der Waals surface area contributed by atoms with Gasteiger partial charge in [0.2, 0.25) is 0 Å². The van der Waals surface area contributed by atoms with Crippen LogP contribution in [0.3, 0.4) is 0 Å². The number of anilines is 4. The maximum atomic E-state index is 10.6. The van der Waals surface area contributed by atoms with Crippen LogP contribution in [0, 0.1) is 0 Å². The standard InChI is InChI=1S/C72H80N4O/c1-67(2,3)48-32-35-73-65(42-48)76-61-25-18-17-24-55(61)56-30-29-54(44-64(56)76)77-53-23-21-22-52(43-53)74-45-75(63-27-20-19-26-62(63)74)66-57(46-28-31-59-60(38-46)72(15,16)34-33-71(59,13)14)40-51(70(10,11)12)41-58(66)47-36-49(68(4,5)6)39-50(37-47)69(7,8)9/h17-32,35-44H,33-34,45H2,1-16H3/i13D3,14D3,15D3,16D3,17D,18D,24D,25D,28D,31D,33D2,34D2,38D. The van der Waals surface area contributed by atoms with Crippen molar-refractivity contribution >= 4 is 44.6 Å². The number of fused-ring (bicyclic) bond motifs is 5. The van der Waals surface area contributed by atoms with E-state index in [1.54, 1.807) is 59.3 Å². The van der Waals surface area contributed by atoms with Crippen LogP contribution in [-0.2, 0) is 32.5 Å². The number of rotatable bonds is 7. The van der Waals surface area contributed by atoms with Gasteiger partial charge >= 0.3 is 0 Å². The highest BCUT2D eigenvalue weighted by Gasteiger charge is 2.39. The molecule has 2 aromatic heterocycles. The molecule has 0 unspecified atom stereocenters. The molecule has 0 amide bonds. The fraction of sp³-hybridized carbons (Fsp3) is 0.347. The summed E-state index contributed by atoms with van der Waals surface area (Å²) in [5.74, 6) is 1.09. The van der Waals surface area contributed by atoms with Crippen molar-refractivity contribution in [3.05, 3.63) is 191 Å². The average Bonchev–Trinajstić information content (AvgIpc) is 0.747. The third-order valence-corrected chi connectivity index (χ3v) is 14.8. The van der Waals surface area contributed by atoms with Crippen molar-refractivity contribution in [3.8, 4) is 39.6 Å². The molecule has 0 atom stereocenters. The number of aromatic nitrogens is 2. The number of para-hydroxylation sites is 3. The van der Waals surface area contributed by atoms with E-state index in [0.29, 0.717) is 67.4 Å². The van der Waals surface area contributed by atoms with Crippen molar-refractivity contribution in [1.82, 2.24) is 9.55 Å². The summed E-state index contributed by atoms with van der Waals surface area (Å²) in [6.07, 6.45) is -7.40. The molecule has 9 aromatic rings. The molecule has 0 bridgehead atoms. The highest BCUT2D eigenvalue weighted by atomic mass is 16.5. The van der Waals surface area contributed by atoms with Crippen molar-refractivity contribution in [3.63, 3.8) is 0 Å². The molecule has 11 rings (SSSR count). The maximum Gasteiger partial charge on any atom is 0.137 e.